The molecule has 0 spiro atoms. The number of hydrogen-bond donors (Lipinski definition) is 1. The molecule has 0 heterocycles. The van der Waals surface area contributed by atoms with Gasteiger partial charge in [-0.05, 0) is 43.0 Å². The van der Waals surface area contributed by atoms with Gasteiger partial charge in [0.2, 0.25) is 0 Å². The van der Waals surface area contributed by atoms with E-state index in [1.807, 2.05) is 19.1 Å². The van der Waals surface area contributed by atoms with Crippen molar-refractivity contribution in [1.29, 1.82) is 0 Å². The second-order valence-electron chi connectivity index (χ2n) is 3.61. The van der Waals surface area contributed by atoms with Crippen molar-refractivity contribution in [1.82, 2.24) is 0 Å². The van der Waals surface area contributed by atoms with Crippen molar-refractivity contribution in [2.24, 2.45) is 5.73 Å². The van der Waals surface area contributed by atoms with Gasteiger partial charge in [0, 0.05) is 0 Å². The van der Waals surface area contributed by atoms with Crippen LogP contribution in [0, 0.1) is 19.7 Å². The van der Waals surface area contributed by atoms with Crippen LogP contribution in [-0.2, 0) is 0 Å². The predicted octanol–water partition coefficient (Wildman–Crippen LogP) is 2.50. The van der Waals surface area contributed by atoms with Crippen LogP contribution in [-0.4, -0.2) is 6.54 Å². The first kappa shape index (κ1) is 10.2. The third-order valence-corrected chi connectivity index (χ3v) is 2.38. The Morgan fingerprint density at radius 3 is 2.15 bits per heavy atom. The third-order valence-electron chi connectivity index (χ3n) is 2.38. The molecule has 0 saturated heterocycles. The molecule has 0 aliphatic carbocycles. The molecule has 0 aliphatic heterocycles. The molecular formula is C11H16FN. The van der Waals surface area contributed by atoms with Crippen LogP contribution in [0.3, 0.4) is 0 Å². The minimum Gasteiger partial charge on any atom is -0.330 e. The van der Waals surface area contributed by atoms with Crippen LogP contribution in [0.25, 0.3) is 0 Å². The minimum atomic E-state index is -0.104. The van der Waals surface area contributed by atoms with E-state index >= 15 is 0 Å². The van der Waals surface area contributed by atoms with Gasteiger partial charge in [-0.1, -0.05) is 19.1 Å². The van der Waals surface area contributed by atoms with Crippen LogP contribution in [0.15, 0.2) is 12.1 Å². The Hall–Kier alpha value is -0.890. The first-order chi connectivity index (χ1) is 6.06. The van der Waals surface area contributed by atoms with E-state index in [1.165, 1.54) is 0 Å². The Morgan fingerprint density at radius 2 is 1.77 bits per heavy atom. The minimum absolute atomic E-state index is 0.104. The van der Waals surface area contributed by atoms with Gasteiger partial charge >= 0.3 is 0 Å². The molecule has 0 saturated carbocycles. The van der Waals surface area contributed by atoms with Gasteiger partial charge in [-0.25, -0.2) is 4.39 Å². The summed E-state index contributed by atoms with van der Waals surface area (Å²) in [4.78, 5) is 0. The van der Waals surface area contributed by atoms with Gasteiger partial charge in [0.15, 0.2) is 0 Å². The van der Waals surface area contributed by atoms with E-state index in [4.69, 9.17) is 5.73 Å². The standard InChI is InChI=1S/C11H16FN/c1-7-4-10(9(3)6-13)5-8(2)11(7)12/h4-5,9H,6,13H2,1-3H3. The van der Waals surface area contributed by atoms with Crippen molar-refractivity contribution in [3.05, 3.63) is 34.6 Å². The van der Waals surface area contributed by atoms with Crippen molar-refractivity contribution in [2.45, 2.75) is 26.7 Å². The molecule has 0 amide bonds. The second kappa shape index (κ2) is 3.88. The molecule has 1 aromatic rings. The fraction of sp³-hybridized carbons (Fsp3) is 0.455. The highest BCUT2D eigenvalue weighted by Crippen LogP contribution is 2.20. The third kappa shape index (κ3) is 2.07. The topological polar surface area (TPSA) is 26.0 Å². The Morgan fingerprint density at radius 1 is 1.31 bits per heavy atom. The molecule has 72 valence electrons. The molecule has 1 rings (SSSR count). The monoisotopic (exact) mass is 181 g/mol. The van der Waals surface area contributed by atoms with Crippen LogP contribution >= 0.6 is 0 Å². The molecule has 1 atom stereocenters. The van der Waals surface area contributed by atoms with E-state index in [-0.39, 0.29) is 5.82 Å². The summed E-state index contributed by atoms with van der Waals surface area (Å²) in [5, 5.41) is 0. The SMILES string of the molecule is Cc1cc(C(C)CN)cc(C)c1F. The highest BCUT2D eigenvalue weighted by molar-refractivity contribution is 5.32. The first-order valence-electron chi connectivity index (χ1n) is 4.53. The van der Waals surface area contributed by atoms with Gasteiger partial charge in [-0.2, -0.15) is 0 Å². The molecule has 1 aromatic carbocycles. The normalized spacial score (nSPS) is 13.0. The number of halogens is 1. The molecule has 0 aromatic heterocycles. The summed E-state index contributed by atoms with van der Waals surface area (Å²) >= 11 is 0. The maximum atomic E-state index is 13.2. The van der Waals surface area contributed by atoms with Gasteiger partial charge in [-0.15, -0.1) is 0 Å². The summed E-state index contributed by atoms with van der Waals surface area (Å²) in [5.41, 5.74) is 8.08. The second-order valence-corrected chi connectivity index (χ2v) is 3.61. The van der Waals surface area contributed by atoms with Crippen molar-refractivity contribution in [3.63, 3.8) is 0 Å². The molecule has 0 bridgehead atoms. The van der Waals surface area contributed by atoms with Gasteiger partial charge in [0.05, 0.1) is 0 Å². The fourth-order valence-corrected chi connectivity index (χ4v) is 1.40. The number of rotatable bonds is 2. The van der Waals surface area contributed by atoms with Crippen LogP contribution in [0.2, 0.25) is 0 Å². The van der Waals surface area contributed by atoms with Gasteiger partial charge in [0.1, 0.15) is 5.82 Å². The highest BCUT2D eigenvalue weighted by Gasteiger charge is 2.08. The number of hydrogen-bond acceptors (Lipinski definition) is 1. The van der Waals surface area contributed by atoms with Crippen molar-refractivity contribution in [2.75, 3.05) is 6.54 Å². The zero-order valence-corrected chi connectivity index (χ0v) is 8.39. The summed E-state index contributed by atoms with van der Waals surface area (Å²) in [7, 11) is 0. The average Bonchev–Trinajstić information content (AvgIpc) is 2.12. The maximum Gasteiger partial charge on any atom is 0.129 e. The molecule has 13 heavy (non-hydrogen) atoms. The number of aryl methyl sites for hydroxylation is 2. The first-order valence-corrected chi connectivity index (χ1v) is 4.53. The Balaban J connectivity index is 3.13. The summed E-state index contributed by atoms with van der Waals surface area (Å²) in [6, 6.07) is 3.75. The summed E-state index contributed by atoms with van der Waals surface area (Å²) < 4.78 is 13.2. The van der Waals surface area contributed by atoms with E-state index in [0.29, 0.717) is 23.6 Å². The van der Waals surface area contributed by atoms with Gasteiger partial charge in [0.25, 0.3) is 0 Å². The predicted molar refractivity (Wildman–Crippen MR) is 53.3 cm³/mol. The highest BCUT2D eigenvalue weighted by atomic mass is 19.1. The van der Waals surface area contributed by atoms with Crippen molar-refractivity contribution in [3.8, 4) is 0 Å². The van der Waals surface area contributed by atoms with Crippen LogP contribution in [0.1, 0.15) is 29.5 Å². The molecular weight excluding hydrogens is 165 g/mol. The zero-order chi connectivity index (χ0) is 10.0. The van der Waals surface area contributed by atoms with Crippen LogP contribution in [0.5, 0.6) is 0 Å². The Kier molecular flexibility index (Phi) is 3.04. The number of benzene rings is 1. The van der Waals surface area contributed by atoms with E-state index in [1.54, 1.807) is 13.8 Å². The Bertz CT molecular complexity index is 284. The molecule has 0 fully saturated rings. The smallest absolute Gasteiger partial charge is 0.129 e. The van der Waals surface area contributed by atoms with Crippen LogP contribution in [0.4, 0.5) is 4.39 Å². The van der Waals surface area contributed by atoms with Gasteiger partial charge in [-0.3, -0.25) is 0 Å². The van der Waals surface area contributed by atoms with Crippen molar-refractivity contribution >= 4 is 0 Å². The van der Waals surface area contributed by atoms with E-state index in [9.17, 15) is 4.39 Å². The van der Waals surface area contributed by atoms with E-state index < -0.39 is 0 Å². The fourth-order valence-electron chi connectivity index (χ4n) is 1.40. The van der Waals surface area contributed by atoms with Gasteiger partial charge < -0.3 is 5.73 Å². The molecule has 2 heteroatoms. The van der Waals surface area contributed by atoms with Crippen molar-refractivity contribution < 1.29 is 4.39 Å². The quantitative estimate of drug-likeness (QED) is 0.745. The lowest BCUT2D eigenvalue weighted by Crippen LogP contribution is -2.09. The molecule has 2 N–H and O–H groups in total. The lowest BCUT2D eigenvalue weighted by molar-refractivity contribution is 0.606. The molecule has 0 radical (unpaired) electrons. The molecule has 0 aliphatic rings. The summed E-state index contributed by atoms with van der Waals surface area (Å²) in [6.45, 7) is 6.22. The van der Waals surface area contributed by atoms with Crippen LogP contribution < -0.4 is 5.73 Å². The summed E-state index contributed by atoms with van der Waals surface area (Å²) in [5.74, 6) is 0.200. The van der Waals surface area contributed by atoms with E-state index in [0.717, 1.165) is 5.56 Å². The number of nitrogens with two attached hydrogens (primary N) is 1. The largest absolute Gasteiger partial charge is 0.330 e. The summed E-state index contributed by atoms with van der Waals surface area (Å²) in [6.07, 6.45) is 0. The molecule has 1 nitrogen and oxygen atoms in total. The lowest BCUT2D eigenvalue weighted by atomic mass is 9.97. The van der Waals surface area contributed by atoms with E-state index in [2.05, 4.69) is 0 Å². The average molecular weight is 181 g/mol. The zero-order valence-electron chi connectivity index (χ0n) is 8.39. The Labute approximate surface area is 78.8 Å². The lowest BCUT2D eigenvalue weighted by Gasteiger charge is -2.11. The maximum absolute atomic E-state index is 13.2. The molecule has 1 unspecified atom stereocenters.